The van der Waals surface area contributed by atoms with Crippen molar-refractivity contribution in [2.24, 2.45) is 0 Å². The normalized spacial score (nSPS) is 14.0. The standard InChI is InChI=1S/C15H15F2N3O/c1-2-18-13-8-14(20-15(19-13)9-3-4-9)21-12-7-10(16)5-6-11(12)17/h5-9H,2-4H2,1H3,(H,18,19,20). The van der Waals surface area contributed by atoms with Crippen LogP contribution in [0, 0.1) is 11.6 Å². The largest absolute Gasteiger partial charge is 0.436 e. The van der Waals surface area contributed by atoms with Crippen LogP contribution < -0.4 is 10.1 Å². The van der Waals surface area contributed by atoms with Gasteiger partial charge < -0.3 is 10.1 Å². The minimum atomic E-state index is -0.631. The van der Waals surface area contributed by atoms with Crippen molar-refractivity contribution in [2.75, 3.05) is 11.9 Å². The van der Waals surface area contributed by atoms with E-state index in [2.05, 4.69) is 15.3 Å². The number of benzene rings is 1. The molecule has 0 radical (unpaired) electrons. The van der Waals surface area contributed by atoms with Crippen molar-refractivity contribution in [2.45, 2.75) is 25.7 Å². The third-order valence-electron chi connectivity index (χ3n) is 3.13. The molecule has 0 spiro atoms. The van der Waals surface area contributed by atoms with Crippen LogP contribution in [0.25, 0.3) is 0 Å². The molecule has 1 aromatic carbocycles. The van der Waals surface area contributed by atoms with E-state index in [-0.39, 0.29) is 11.6 Å². The Hall–Kier alpha value is -2.24. The van der Waals surface area contributed by atoms with E-state index < -0.39 is 11.6 Å². The van der Waals surface area contributed by atoms with Gasteiger partial charge in [-0.15, -0.1) is 0 Å². The van der Waals surface area contributed by atoms with Crippen LogP contribution in [0.15, 0.2) is 24.3 Å². The van der Waals surface area contributed by atoms with E-state index in [1.807, 2.05) is 6.92 Å². The number of nitrogens with zero attached hydrogens (tertiary/aromatic N) is 2. The molecule has 1 fully saturated rings. The molecule has 4 nitrogen and oxygen atoms in total. The second kappa shape index (κ2) is 5.63. The first kappa shape index (κ1) is 13.7. The molecule has 1 aliphatic carbocycles. The van der Waals surface area contributed by atoms with Gasteiger partial charge in [0.15, 0.2) is 11.6 Å². The average Bonchev–Trinajstić information content (AvgIpc) is 3.28. The van der Waals surface area contributed by atoms with E-state index in [1.54, 1.807) is 6.07 Å². The topological polar surface area (TPSA) is 47.0 Å². The third kappa shape index (κ3) is 3.26. The summed E-state index contributed by atoms with van der Waals surface area (Å²) in [6.07, 6.45) is 2.09. The molecule has 0 atom stereocenters. The molecule has 1 aliphatic rings. The van der Waals surface area contributed by atoms with Crippen molar-refractivity contribution < 1.29 is 13.5 Å². The lowest BCUT2D eigenvalue weighted by Crippen LogP contribution is -2.04. The van der Waals surface area contributed by atoms with E-state index >= 15 is 0 Å². The average molecular weight is 291 g/mol. The predicted molar refractivity (Wildman–Crippen MR) is 74.6 cm³/mol. The van der Waals surface area contributed by atoms with Crippen LogP contribution in [0.5, 0.6) is 11.6 Å². The van der Waals surface area contributed by atoms with Crippen molar-refractivity contribution in [1.82, 2.24) is 9.97 Å². The highest BCUT2D eigenvalue weighted by Gasteiger charge is 2.27. The predicted octanol–water partition coefficient (Wildman–Crippen LogP) is 3.86. The minimum absolute atomic E-state index is 0.183. The molecule has 1 saturated carbocycles. The molecule has 0 aliphatic heterocycles. The zero-order valence-corrected chi connectivity index (χ0v) is 11.6. The molecule has 21 heavy (non-hydrogen) atoms. The maximum absolute atomic E-state index is 13.6. The number of hydrogen-bond acceptors (Lipinski definition) is 4. The van der Waals surface area contributed by atoms with Gasteiger partial charge in [0, 0.05) is 24.6 Å². The molecule has 2 aromatic rings. The Balaban J connectivity index is 1.91. The highest BCUT2D eigenvalue weighted by molar-refractivity contribution is 5.41. The number of anilines is 1. The van der Waals surface area contributed by atoms with Crippen LogP contribution >= 0.6 is 0 Å². The van der Waals surface area contributed by atoms with Gasteiger partial charge in [-0.1, -0.05) is 0 Å². The fraction of sp³-hybridized carbons (Fsp3) is 0.333. The number of nitrogens with one attached hydrogen (secondary N) is 1. The fourth-order valence-corrected chi connectivity index (χ4v) is 1.96. The van der Waals surface area contributed by atoms with Gasteiger partial charge in [-0.2, -0.15) is 4.98 Å². The maximum atomic E-state index is 13.6. The molecule has 1 heterocycles. The summed E-state index contributed by atoms with van der Waals surface area (Å²) in [7, 11) is 0. The number of hydrogen-bond donors (Lipinski definition) is 1. The Morgan fingerprint density at radius 1 is 1.24 bits per heavy atom. The van der Waals surface area contributed by atoms with Crippen molar-refractivity contribution in [3.05, 3.63) is 41.7 Å². The van der Waals surface area contributed by atoms with Crippen LogP contribution in [-0.2, 0) is 0 Å². The fourth-order valence-electron chi connectivity index (χ4n) is 1.96. The summed E-state index contributed by atoms with van der Waals surface area (Å²) in [6, 6.07) is 4.65. The molecule has 6 heteroatoms. The molecule has 0 saturated heterocycles. The van der Waals surface area contributed by atoms with E-state index in [1.165, 1.54) is 0 Å². The molecule has 110 valence electrons. The van der Waals surface area contributed by atoms with Crippen molar-refractivity contribution in [1.29, 1.82) is 0 Å². The van der Waals surface area contributed by atoms with E-state index in [4.69, 9.17) is 4.74 Å². The zero-order valence-electron chi connectivity index (χ0n) is 11.6. The monoisotopic (exact) mass is 291 g/mol. The Bertz CT molecular complexity index is 659. The molecule has 0 unspecified atom stereocenters. The second-order valence-corrected chi connectivity index (χ2v) is 4.93. The van der Waals surface area contributed by atoms with Gasteiger partial charge in [-0.05, 0) is 31.9 Å². The molecule has 3 rings (SSSR count). The van der Waals surface area contributed by atoms with E-state index in [0.29, 0.717) is 24.1 Å². The van der Waals surface area contributed by atoms with Gasteiger partial charge in [-0.3, -0.25) is 0 Å². The van der Waals surface area contributed by atoms with Crippen LogP contribution in [0.4, 0.5) is 14.6 Å². The first-order valence-corrected chi connectivity index (χ1v) is 6.91. The smallest absolute Gasteiger partial charge is 0.224 e. The van der Waals surface area contributed by atoms with Crippen LogP contribution in [0.1, 0.15) is 31.5 Å². The van der Waals surface area contributed by atoms with Gasteiger partial charge in [0.25, 0.3) is 0 Å². The van der Waals surface area contributed by atoms with Gasteiger partial charge in [0.2, 0.25) is 5.88 Å². The molecule has 1 aromatic heterocycles. The Labute approximate surface area is 121 Å². The summed E-state index contributed by atoms with van der Waals surface area (Å²) in [6.45, 7) is 2.65. The summed E-state index contributed by atoms with van der Waals surface area (Å²) in [5, 5.41) is 3.08. The Morgan fingerprint density at radius 3 is 2.76 bits per heavy atom. The second-order valence-electron chi connectivity index (χ2n) is 4.93. The number of rotatable bonds is 5. The SMILES string of the molecule is CCNc1cc(Oc2cc(F)ccc2F)nc(C2CC2)n1. The van der Waals surface area contributed by atoms with Crippen molar-refractivity contribution in [3.8, 4) is 11.6 Å². The summed E-state index contributed by atoms with van der Waals surface area (Å²) in [5.74, 6) is 0.484. The zero-order chi connectivity index (χ0) is 14.8. The maximum Gasteiger partial charge on any atom is 0.224 e. The Morgan fingerprint density at radius 2 is 2.05 bits per heavy atom. The first-order valence-electron chi connectivity index (χ1n) is 6.91. The summed E-state index contributed by atoms with van der Waals surface area (Å²) in [5.41, 5.74) is 0. The first-order chi connectivity index (χ1) is 10.2. The van der Waals surface area contributed by atoms with Gasteiger partial charge in [-0.25, -0.2) is 13.8 Å². The summed E-state index contributed by atoms with van der Waals surface area (Å²) in [4.78, 5) is 8.68. The quantitative estimate of drug-likeness (QED) is 0.908. The number of ether oxygens (including phenoxy) is 1. The summed E-state index contributed by atoms with van der Waals surface area (Å²) < 4.78 is 32.2. The molecule has 0 bridgehead atoms. The minimum Gasteiger partial charge on any atom is -0.436 e. The van der Waals surface area contributed by atoms with Gasteiger partial charge in [0.05, 0.1) is 0 Å². The molecular weight excluding hydrogens is 276 g/mol. The molecule has 0 amide bonds. The van der Waals surface area contributed by atoms with Gasteiger partial charge >= 0.3 is 0 Å². The lowest BCUT2D eigenvalue weighted by atomic mass is 10.3. The highest BCUT2D eigenvalue weighted by Crippen LogP contribution is 2.39. The van der Waals surface area contributed by atoms with Crippen LogP contribution in [0.2, 0.25) is 0 Å². The van der Waals surface area contributed by atoms with Crippen LogP contribution in [-0.4, -0.2) is 16.5 Å². The van der Waals surface area contributed by atoms with Crippen molar-refractivity contribution >= 4 is 5.82 Å². The molecular formula is C15H15F2N3O. The van der Waals surface area contributed by atoms with Gasteiger partial charge in [0.1, 0.15) is 17.5 Å². The van der Waals surface area contributed by atoms with E-state index in [9.17, 15) is 8.78 Å². The third-order valence-corrected chi connectivity index (χ3v) is 3.13. The number of aromatic nitrogens is 2. The van der Waals surface area contributed by atoms with Crippen LogP contribution in [0.3, 0.4) is 0 Å². The summed E-state index contributed by atoms with van der Waals surface area (Å²) >= 11 is 0. The van der Waals surface area contributed by atoms with E-state index in [0.717, 1.165) is 31.0 Å². The lowest BCUT2D eigenvalue weighted by molar-refractivity contribution is 0.420. The highest BCUT2D eigenvalue weighted by atomic mass is 19.1. The Kier molecular flexibility index (Phi) is 3.68. The van der Waals surface area contributed by atoms with Crippen molar-refractivity contribution in [3.63, 3.8) is 0 Å². The number of halogens is 2. The lowest BCUT2D eigenvalue weighted by Gasteiger charge is -2.10. The molecule has 1 N–H and O–H groups in total.